The smallest absolute Gasteiger partial charge is 0.209 e. The summed E-state index contributed by atoms with van der Waals surface area (Å²) in [5.74, 6) is 1.36. The van der Waals surface area contributed by atoms with Crippen LogP contribution in [0.5, 0.6) is 0 Å². The van der Waals surface area contributed by atoms with Crippen molar-refractivity contribution in [3.63, 3.8) is 0 Å². The van der Waals surface area contributed by atoms with Gasteiger partial charge in [-0.1, -0.05) is 23.7 Å². The van der Waals surface area contributed by atoms with E-state index in [1.54, 1.807) is 6.20 Å². The summed E-state index contributed by atoms with van der Waals surface area (Å²) in [5.41, 5.74) is 0.910. The highest BCUT2D eigenvalue weighted by atomic mass is 35.5. The van der Waals surface area contributed by atoms with Crippen molar-refractivity contribution in [2.45, 2.75) is 13.0 Å². The number of ether oxygens (including phenoxy) is 1. The van der Waals surface area contributed by atoms with Crippen LogP contribution in [0.1, 0.15) is 12.3 Å². The summed E-state index contributed by atoms with van der Waals surface area (Å²) in [7, 11) is 0. The van der Waals surface area contributed by atoms with Crippen LogP contribution >= 0.6 is 11.6 Å². The lowest BCUT2D eigenvalue weighted by molar-refractivity contribution is 0.0326. The van der Waals surface area contributed by atoms with Gasteiger partial charge in [0.1, 0.15) is 0 Å². The van der Waals surface area contributed by atoms with Crippen molar-refractivity contribution in [1.82, 2.24) is 14.8 Å². The van der Waals surface area contributed by atoms with Gasteiger partial charge in [0.05, 0.1) is 32.0 Å². The second kappa shape index (κ2) is 9.70. The topological polar surface area (TPSA) is 65.5 Å². The van der Waals surface area contributed by atoms with Gasteiger partial charge in [-0.3, -0.25) is 9.80 Å². The second-order valence-electron chi connectivity index (χ2n) is 6.27. The van der Waals surface area contributed by atoms with Crippen LogP contribution in [0.25, 0.3) is 11.3 Å². The molecule has 0 amide bonds. The SMILES string of the molecule is N#CCCN(CCN1CCOCC1)Cc1ncc(-c2cccc(Cl)c2)o1. The molecule has 26 heavy (non-hydrogen) atoms. The van der Waals surface area contributed by atoms with Gasteiger partial charge in [0.25, 0.3) is 0 Å². The predicted molar refractivity (Wildman–Crippen MR) is 99.7 cm³/mol. The molecule has 0 bridgehead atoms. The van der Waals surface area contributed by atoms with Crippen molar-refractivity contribution in [2.24, 2.45) is 0 Å². The van der Waals surface area contributed by atoms with Gasteiger partial charge in [-0.15, -0.1) is 0 Å². The Hall–Kier alpha value is -1.91. The first-order valence-electron chi connectivity index (χ1n) is 8.84. The van der Waals surface area contributed by atoms with E-state index in [1.165, 1.54) is 0 Å². The molecule has 0 saturated carbocycles. The number of aromatic nitrogens is 1. The first-order chi connectivity index (χ1) is 12.7. The van der Waals surface area contributed by atoms with Crippen LogP contribution in [0, 0.1) is 11.3 Å². The van der Waals surface area contributed by atoms with Gasteiger partial charge in [-0.25, -0.2) is 4.98 Å². The Bertz CT molecular complexity index is 737. The highest BCUT2D eigenvalue weighted by Gasteiger charge is 2.15. The van der Waals surface area contributed by atoms with Crippen molar-refractivity contribution in [2.75, 3.05) is 45.9 Å². The third-order valence-electron chi connectivity index (χ3n) is 4.40. The van der Waals surface area contributed by atoms with E-state index in [-0.39, 0.29) is 0 Å². The van der Waals surface area contributed by atoms with E-state index in [0.29, 0.717) is 36.2 Å². The molecular formula is C19H23ClN4O2. The zero-order valence-corrected chi connectivity index (χ0v) is 15.5. The minimum atomic E-state index is 0.491. The van der Waals surface area contributed by atoms with Crippen LogP contribution in [-0.4, -0.2) is 60.7 Å². The molecule has 1 aliphatic rings. The number of hydrogen-bond acceptors (Lipinski definition) is 6. The molecule has 0 radical (unpaired) electrons. The number of benzene rings is 1. The summed E-state index contributed by atoms with van der Waals surface area (Å²) < 4.78 is 11.3. The quantitative estimate of drug-likeness (QED) is 0.707. The number of nitriles is 1. The normalized spacial score (nSPS) is 15.3. The minimum Gasteiger partial charge on any atom is -0.439 e. The summed E-state index contributed by atoms with van der Waals surface area (Å²) in [5, 5.41) is 9.59. The standard InChI is InChI=1S/C19H23ClN4O2/c20-17-4-1-3-16(13-17)18-14-22-19(26-18)15-24(6-2-5-21)8-7-23-9-11-25-12-10-23/h1,3-4,13-14H,2,6-12,15H2. The molecule has 2 aromatic rings. The van der Waals surface area contributed by atoms with Crippen molar-refractivity contribution in [3.05, 3.63) is 41.4 Å². The van der Waals surface area contributed by atoms with Gasteiger partial charge in [-0.05, 0) is 12.1 Å². The van der Waals surface area contributed by atoms with E-state index in [4.69, 9.17) is 26.0 Å². The van der Waals surface area contributed by atoms with Crippen molar-refractivity contribution < 1.29 is 9.15 Å². The van der Waals surface area contributed by atoms with Crippen LogP contribution in [0.2, 0.25) is 5.02 Å². The average molecular weight is 375 g/mol. The molecule has 1 aromatic heterocycles. The molecule has 0 aliphatic carbocycles. The summed E-state index contributed by atoms with van der Waals surface area (Å²) in [6, 6.07) is 9.74. The fourth-order valence-corrected chi connectivity index (χ4v) is 3.13. The molecule has 3 rings (SSSR count). The summed E-state index contributed by atoms with van der Waals surface area (Å²) in [4.78, 5) is 9.00. The largest absolute Gasteiger partial charge is 0.439 e. The predicted octanol–water partition coefficient (Wildman–Crippen LogP) is 3.04. The Morgan fingerprint density at radius 3 is 2.88 bits per heavy atom. The van der Waals surface area contributed by atoms with Crippen molar-refractivity contribution in [1.29, 1.82) is 5.26 Å². The number of nitrogens with zero attached hydrogens (tertiary/aromatic N) is 4. The van der Waals surface area contributed by atoms with Crippen LogP contribution < -0.4 is 0 Å². The van der Waals surface area contributed by atoms with Gasteiger partial charge >= 0.3 is 0 Å². The highest BCUT2D eigenvalue weighted by Crippen LogP contribution is 2.23. The maximum atomic E-state index is 8.92. The Morgan fingerprint density at radius 2 is 2.12 bits per heavy atom. The summed E-state index contributed by atoms with van der Waals surface area (Å²) in [6.45, 7) is 6.63. The fourth-order valence-electron chi connectivity index (χ4n) is 2.94. The number of hydrogen-bond donors (Lipinski definition) is 0. The van der Waals surface area contributed by atoms with Crippen molar-refractivity contribution >= 4 is 11.6 Å². The lowest BCUT2D eigenvalue weighted by Crippen LogP contribution is -2.41. The molecule has 1 saturated heterocycles. The van der Waals surface area contributed by atoms with Gasteiger partial charge in [0.2, 0.25) is 5.89 Å². The molecule has 0 spiro atoms. The van der Waals surface area contributed by atoms with E-state index in [9.17, 15) is 0 Å². The van der Waals surface area contributed by atoms with Crippen LogP contribution in [-0.2, 0) is 11.3 Å². The number of rotatable bonds is 8. The van der Waals surface area contributed by atoms with Gasteiger partial charge in [-0.2, -0.15) is 5.26 Å². The van der Waals surface area contributed by atoms with E-state index < -0.39 is 0 Å². The Labute approximate surface area is 158 Å². The first kappa shape index (κ1) is 18.9. The van der Waals surface area contributed by atoms with E-state index in [0.717, 1.165) is 45.0 Å². The molecule has 1 aromatic carbocycles. The van der Waals surface area contributed by atoms with Gasteiger partial charge in [0, 0.05) is 49.7 Å². The molecule has 0 N–H and O–H groups in total. The van der Waals surface area contributed by atoms with Crippen LogP contribution in [0.3, 0.4) is 0 Å². The third kappa shape index (κ3) is 5.55. The zero-order valence-electron chi connectivity index (χ0n) is 14.7. The molecule has 0 atom stereocenters. The maximum Gasteiger partial charge on any atom is 0.209 e. The third-order valence-corrected chi connectivity index (χ3v) is 4.63. The molecule has 1 aliphatic heterocycles. The van der Waals surface area contributed by atoms with Crippen molar-refractivity contribution in [3.8, 4) is 17.4 Å². The molecule has 2 heterocycles. The maximum absolute atomic E-state index is 8.92. The lowest BCUT2D eigenvalue weighted by atomic mass is 10.2. The first-order valence-corrected chi connectivity index (χ1v) is 9.22. The van der Waals surface area contributed by atoms with E-state index >= 15 is 0 Å². The van der Waals surface area contributed by atoms with Gasteiger partial charge < -0.3 is 9.15 Å². The number of morpholine rings is 1. The molecule has 6 nitrogen and oxygen atoms in total. The van der Waals surface area contributed by atoms with Crippen LogP contribution in [0.4, 0.5) is 0 Å². The summed E-state index contributed by atoms with van der Waals surface area (Å²) >= 11 is 6.04. The highest BCUT2D eigenvalue weighted by molar-refractivity contribution is 6.30. The molecular weight excluding hydrogens is 352 g/mol. The van der Waals surface area contributed by atoms with Gasteiger partial charge in [0.15, 0.2) is 5.76 Å². The molecule has 1 fully saturated rings. The lowest BCUT2D eigenvalue weighted by Gasteiger charge is -2.29. The molecule has 138 valence electrons. The molecule has 0 unspecified atom stereocenters. The number of halogens is 1. The molecule has 7 heteroatoms. The summed E-state index contributed by atoms with van der Waals surface area (Å²) in [6.07, 6.45) is 2.22. The second-order valence-corrected chi connectivity index (χ2v) is 6.70. The van der Waals surface area contributed by atoms with E-state index in [2.05, 4.69) is 20.9 Å². The zero-order chi connectivity index (χ0) is 18.2. The fraction of sp³-hybridized carbons (Fsp3) is 0.474. The monoisotopic (exact) mass is 374 g/mol. The number of oxazole rings is 1. The minimum absolute atomic E-state index is 0.491. The van der Waals surface area contributed by atoms with E-state index in [1.807, 2.05) is 24.3 Å². The average Bonchev–Trinajstić information content (AvgIpc) is 3.13. The Kier molecular flexibility index (Phi) is 7.04. The Morgan fingerprint density at radius 1 is 1.27 bits per heavy atom. The Balaban J connectivity index is 1.60. The van der Waals surface area contributed by atoms with Crippen LogP contribution in [0.15, 0.2) is 34.9 Å².